The molecule has 0 bridgehead atoms. The van der Waals surface area contributed by atoms with E-state index in [1.54, 1.807) is 12.1 Å². The summed E-state index contributed by atoms with van der Waals surface area (Å²) in [7, 11) is 0. The van der Waals surface area contributed by atoms with Crippen LogP contribution in [0.3, 0.4) is 0 Å². The van der Waals surface area contributed by atoms with E-state index in [1.807, 2.05) is 19.1 Å². The first-order valence-electron chi connectivity index (χ1n) is 3.56. The predicted molar refractivity (Wildman–Crippen MR) is 48.0 cm³/mol. The molecule has 0 aliphatic carbocycles. The summed E-state index contributed by atoms with van der Waals surface area (Å²) in [5.74, 6) is 0. The Labute approximate surface area is 75.9 Å². The lowest BCUT2D eigenvalue weighted by molar-refractivity contribution is 0.559. The first kappa shape index (κ1) is 8.98. The van der Waals surface area contributed by atoms with Crippen LogP contribution < -0.4 is 0 Å². The molecule has 3 heteroatoms. The third-order valence-electron chi connectivity index (χ3n) is 1.58. The van der Waals surface area contributed by atoms with Gasteiger partial charge in [-0.3, -0.25) is 0 Å². The van der Waals surface area contributed by atoms with Gasteiger partial charge in [-0.1, -0.05) is 23.7 Å². The quantitative estimate of drug-likeness (QED) is 0.510. The van der Waals surface area contributed by atoms with Gasteiger partial charge in [-0.05, 0) is 24.6 Å². The summed E-state index contributed by atoms with van der Waals surface area (Å²) >= 11 is 5.75. The number of benzene rings is 1. The molecule has 0 saturated carbocycles. The number of carbonyl (C=O) groups excluding carboxylic acids is 1. The van der Waals surface area contributed by atoms with E-state index in [1.165, 1.54) is 6.08 Å². The number of aliphatic imine (C=N–C) groups is 1. The SMILES string of the molecule is C[C@@H](N=C=O)c1cccc(Cl)c1. The van der Waals surface area contributed by atoms with Crippen molar-refractivity contribution in [2.45, 2.75) is 13.0 Å². The van der Waals surface area contributed by atoms with Crippen molar-refractivity contribution in [3.63, 3.8) is 0 Å². The molecule has 1 aromatic rings. The molecule has 62 valence electrons. The molecule has 0 aliphatic rings. The number of rotatable bonds is 2. The molecule has 0 fully saturated rings. The third-order valence-corrected chi connectivity index (χ3v) is 1.81. The van der Waals surface area contributed by atoms with Crippen LogP contribution in [0.2, 0.25) is 5.02 Å². The Balaban J connectivity index is 2.94. The van der Waals surface area contributed by atoms with E-state index in [2.05, 4.69) is 4.99 Å². The highest BCUT2D eigenvalue weighted by atomic mass is 35.5. The second-order valence-electron chi connectivity index (χ2n) is 2.45. The van der Waals surface area contributed by atoms with Crippen LogP contribution in [0, 0.1) is 0 Å². The van der Waals surface area contributed by atoms with Gasteiger partial charge in [-0.25, -0.2) is 4.79 Å². The second-order valence-corrected chi connectivity index (χ2v) is 2.89. The summed E-state index contributed by atoms with van der Waals surface area (Å²) in [6, 6.07) is 7.10. The van der Waals surface area contributed by atoms with Gasteiger partial charge in [0.05, 0.1) is 6.04 Å². The minimum absolute atomic E-state index is 0.166. The average Bonchev–Trinajstić information content (AvgIpc) is 2.05. The molecule has 0 spiro atoms. The standard InChI is InChI=1S/C9H8ClNO/c1-7(11-6-12)8-3-2-4-9(10)5-8/h2-5,7H,1H3/t7-/m1/s1. The van der Waals surface area contributed by atoms with Crippen molar-refractivity contribution >= 4 is 17.7 Å². The van der Waals surface area contributed by atoms with Crippen LogP contribution in [0.5, 0.6) is 0 Å². The fourth-order valence-electron chi connectivity index (χ4n) is 0.920. The smallest absolute Gasteiger partial charge is 0.211 e. The number of nitrogens with zero attached hydrogens (tertiary/aromatic N) is 1. The van der Waals surface area contributed by atoms with Crippen LogP contribution in [0.15, 0.2) is 29.3 Å². The summed E-state index contributed by atoms with van der Waals surface area (Å²) in [4.78, 5) is 13.5. The minimum atomic E-state index is -0.166. The third kappa shape index (κ3) is 2.19. The Hall–Kier alpha value is -1.11. The van der Waals surface area contributed by atoms with E-state index in [-0.39, 0.29) is 6.04 Å². The van der Waals surface area contributed by atoms with E-state index in [4.69, 9.17) is 11.6 Å². The number of halogens is 1. The van der Waals surface area contributed by atoms with E-state index in [9.17, 15) is 4.79 Å². The lowest BCUT2D eigenvalue weighted by Crippen LogP contribution is -1.87. The molecule has 1 aromatic carbocycles. The van der Waals surface area contributed by atoms with Crippen molar-refractivity contribution in [3.05, 3.63) is 34.9 Å². The molecule has 2 nitrogen and oxygen atoms in total. The molecule has 0 aliphatic heterocycles. The highest BCUT2D eigenvalue weighted by Gasteiger charge is 2.02. The number of hydrogen-bond acceptors (Lipinski definition) is 2. The summed E-state index contributed by atoms with van der Waals surface area (Å²) in [6.45, 7) is 1.82. The largest absolute Gasteiger partial charge is 0.235 e. The van der Waals surface area contributed by atoms with Crippen molar-refractivity contribution in [2.75, 3.05) is 0 Å². The molecule has 0 saturated heterocycles. The van der Waals surface area contributed by atoms with Gasteiger partial charge in [-0.2, -0.15) is 4.99 Å². The van der Waals surface area contributed by atoms with Crippen molar-refractivity contribution < 1.29 is 4.79 Å². The lowest BCUT2D eigenvalue weighted by Gasteiger charge is -2.03. The first-order chi connectivity index (χ1) is 5.74. The topological polar surface area (TPSA) is 29.4 Å². The maximum absolute atomic E-state index is 9.95. The van der Waals surface area contributed by atoms with Crippen LogP contribution in [0.25, 0.3) is 0 Å². The maximum atomic E-state index is 9.95. The van der Waals surface area contributed by atoms with E-state index >= 15 is 0 Å². The van der Waals surface area contributed by atoms with Crippen molar-refractivity contribution in [1.29, 1.82) is 0 Å². The number of hydrogen-bond donors (Lipinski definition) is 0. The average molecular weight is 182 g/mol. The van der Waals surface area contributed by atoms with Crippen molar-refractivity contribution in [1.82, 2.24) is 0 Å². The van der Waals surface area contributed by atoms with E-state index in [0.717, 1.165) is 5.56 Å². The van der Waals surface area contributed by atoms with Gasteiger partial charge in [0.2, 0.25) is 6.08 Å². The van der Waals surface area contributed by atoms with Crippen LogP contribution in [0.4, 0.5) is 0 Å². The van der Waals surface area contributed by atoms with Crippen molar-refractivity contribution in [3.8, 4) is 0 Å². The lowest BCUT2D eigenvalue weighted by atomic mass is 10.1. The Morgan fingerprint density at radius 3 is 2.92 bits per heavy atom. The molecular weight excluding hydrogens is 174 g/mol. The van der Waals surface area contributed by atoms with Crippen LogP contribution in [-0.4, -0.2) is 6.08 Å². The zero-order valence-corrected chi connectivity index (χ0v) is 7.38. The summed E-state index contributed by atoms with van der Waals surface area (Å²) in [5.41, 5.74) is 0.922. The van der Waals surface area contributed by atoms with Gasteiger partial charge in [0.15, 0.2) is 0 Å². The van der Waals surface area contributed by atoms with Gasteiger partial charge in [0, 0.05) is 5.02 Å². The normalized spacial score (nSPS) is 11.8. The molecule has 0 aromatic heterocycles. The first-order valence-corrected chi connectivity index (χ1v) is 3.94. The second kappa shape index (κ2) is 4.05. The fraction of sp³-hybridized carbons (Fsp3) is 0.222. The van der Waals surface area contributed by atoms with E-state index < -0.39 is 0 Å². The van der Waals surface area contributed by atoms with E-state index in [0.29, 0.717) is 5.02 Å². The van der Waals surface area contributed by atoms with Gasteiger partial charge in [-0.15, -0.1) is 0 Å². The molecule has 0 heterocycles. The Morgan fingerprint density at radius 1 is 1.58 bits per heavy atom. The molecule has 0 N–H and O–H groups in total. The Morgan fingerprint density at radius 2 is 2.33 bits per heavy atom. The number of isocyanates is 1. The monoisotopic (exact) mass is 181 g/mol. The maximum Gasteiger partial charge on any atom is 0.235 e. The molecule has 0 amide bonds. The molecule has 0 unspecified atom stereocenters. The van der Waals surface area contributed by atoms with Gasteiger partial charge < -0.3 is 0 Å². The Bertz CT molecular complexity index is 318. The zero-order valence-electron chi connectivity index (χ0n) is 6.62. The highest BCUT2D eigenvalue weighted by molar-refractivity contribution is 6.30. The van der Waals surface area contributed by atoms with Gasteiger partial charge >= 0.3 is 0 Å². The van der Waals surface area contributed by atoms with Gasteiger partial charge in [0.25, 0.3) is 0 Å². The summed E-state index contributed by atoms with van der Waals surface area (Å²) < 4.78 is 0. The van der Waals surface area contributed by atoms with Gasteiger partial charge in [0.1, 0.15) is 0 Å². The van der Waals surface area contributed by atoms with Crippen LogP contribution in [-0.2, 0) is 4.79 Å². The molecular formula is C9H8ClNO. The molecule has 0 radical (unpaired) electrons. The summed E-state index contributed by atoms with van der Waals surface area (Å²) in [6.07, 6.45) is 1.52. The summed E-state index contributed by atoms with van der Waals surface area (Å²) in [5, 5.41) is 0.653. The minimum Gasteiger partial charge on any atom is -0.211 e. The zero-order chi connectivity index (χ0) is 8.97. The van der Waals surface area contributed by atoms with Crippen molar-refractivity contribution in [2.24, 2.45) is 4.99 Å². The van der Waals surface area contributed by atoms with Crippen LogP contribution in [0.1, 0.15) is 18.5 Å². The molecule has 12 heavy (non-hydrogen) atoms. The Kier molecular flexibility index (Phi) is 3.03. The molecule has 1 rings (SSSR count). The highest BCUT2D eigenvalue weighted by Crippen LogP contribution is 2.19. The fourth-order valence-corrected chi connectivity index (χ4v) is 1.12. The molecule has 1 atom stereocenters. The van der Waals surface area contributed by atoms with Crippen LogP contribution >= 0.6 is 11.6 Å². The predicted octanol–water partition coefficient (Wildman–Crippen LogP) is 2.74.